The summed E-state index contributed by atoms with van der Waals surface area (Å²) >= 11 is 0. The Morgan fingerprint density at radius 3 is 2.58 bits per heavy atom. The van der Waals surface area contributed by atoms with Gasteiger partial charge in [-0.25, -0.2) is 0 Å². The molecule has 0 saturated carbocycles. The average Bonchev–Trinajstić information content (AvgIpc) is 2.78. The Morgan fingerprint density at radius 2 is 2.00 bits per heavy atom. The van der Waals surface area contributed by atoms with Crippen molar-refractivity contribution < 1.29 is 14.1 Å². The number of ether oxygens (including phenoxy) is 1. The fourth-order valence-electron chi connectivity index (χ4n) is 1.96. The molecule has 0 atom stereocenters. The highest BCUT2D eigenvalue weighted by molar-refractivity contribution is 5.94. The highest BCUT2D eigenvalue weighted by atomic mass is 16.5. The van der Waals surface area contributed by atoms with Crippen molar-refractivity contribution in [2.24, 2.45) is 5.73 Å². The van der Waals surface area contributed by atoms with Crippen molar-refractivity contribution in [2.45, 2.75) is 19.8 Å². The summed E-state index contributed by atoms with van der Waals surface area (Å²) in [5.41, 5.74) is 7.46. The topological polar surface area (TPSA) is 78.3 Å². The van der Waals surface area contributed by atoms with E-state index >= 15 is 0 Å². The fraction of sp³-hybridized carbons (Fsp3) is 0.286. The standard InChI is InChI=1S/C14H16N2O3/c1-9-13(14(15)17)12(16-19-9)8-5-10-3-6-11(18-2)7-4-10/h3-4,6-7H,5,8H2,1-2H3,(H2,15,17). The summed E-state index contributed by atoms with van der Waals surface area (Å²) in [6.45, 7) is 1.68. The van der Waals surface area contributed by atoms with E-state index in [0.717, 1.165) is 17.7 Å². The largest absolute Gasteiger partial charge is 0.497 e. The van der Waals surface area contributed by atoms with Crippen molar-refractivity contribution in [3.63, 3.8) is 0 Å². The highest BCUT2D eigenvalue weighted by Crippen LogP contribution is 2.17. The predicted molar refractivity (Wildman–Crippen MR) is 70.2 cm³/mol. The maximum atomic E-state index is 11.3. The van der Waals surface area contributed by atoms with Crippen LogP contribution in [0.1, 0.15) is 27.4 Å². The number of primary amides is 1. The maximum Gasteiger partial charge on any atom is 0.254 e. The number of nitrogens with zero attached hydrogens (tertiary/aromatic N) is 1. The SMILES string of the molecule is COc1ccc(CCc2noc(C)c2C(N)=O)cc1. The first kappa shape index (κ1) is 13.1. The zero-order valence-corrected chi connectivity index (χ0v) is 11.0. The molecule has 100 valence electrons. The second-order valence-electron chi connectivity index (χ2n) is 4.27. The maximum absolute atomic E-state index is 11.3. The number of aryl methyl sites for hydroxylation is 3. The molecule has 2 rings (SSSR count). The smallest absolute Gasteiger partial charge is 0.254 e. The number of benzene rings is 1. The molecule has 0 spiro atoms. The number of aromatic nitrogens is 1. The third-order valence-corrected chi connectivity index (χ3v) is 2.99. The molecule has 0 aliphatic heterocycles. The van der Waals surface area contributed by atoms with E-state index in [0.29, 0.717) is 23.4 Å². The van der Waals surface area contributed by atoms with Gasteiger partial charge in [0.05, 0.1) is 12.8 Å². The van der Waals surface area contributed by atoms with Crippen LogP contribution < -0.4 is 10.5 Å². The van der Waals surface area contributed by atoms with Crippen LogP contribution >= 0.6 is 0 Å². The van der Waals surface area contributed by atoms with Crippen molar-refractivity contribution in [1.82, 2.24) is 5.16 Å². The normalized spacial score (nSPS) is 10.4. The number of hydrogen-bond donors (Lipinski definition) is 1. The number of carbonyl (C=O) groups excluding carboxylic acids is 1. The Hall–Kier alpha value is -2.30. The van der Waals surface area contributed by atoms with Crippen LogP contribution in [0.25, 0.3) is 0 Å². The van der Waals surface area contributed by atoms with Gasteiger partial charge in [-0.1, -0.05) is 17.3 Å². The molecule has 1 aromatic heterocycles. The summed E-state index contributed by atoms with van der Waals surface area (Å²) in [7, 11) is 1.63. The van der Waals surface area contributed by atoms with Gasteiger partial charge in [-0.2, -0.15) is 0 Å². The van der Waals surface area contributed by atoms with Gasteiger partial charge in [-0.15, -0.1) is 0 Å². The molecule has 1 amide bonds. The van der Waals surface area contributed by atoms with Crippen LogP contribution in [0, 0.1) is 6.92 Å². The van der Waals surface area contributed by atoms with Crippen molar-refractivity contribution in [3.8, 4) is 5.75 Å². The van der Waals surface area contributed by atoms with Gasteiger partial charge in [0, 0.05) is 0 Å². The summed E-state index contributed by atoms with van der Waals surface area (Å²) in [4.78, 5) is 11.3. The molecule has 0 fully saturated rings. The zero-order chi connectivity index (χ0) is 13.8. The molecule has 1 heterocycles. The Labute approximate surface area is 111 Å². The summed E-state index contributed by atoms with van der Waals surface area (Å²) in [6.07, 6.45) is 1.37. The van der Waals surface area contributed by atoms with E-state index in [4.69, 9.17) is 15.0 Å². The van der Waals surface area contributed by atoms with E-state index < -0.39 is 5.91 Å². The molecule has 5 nitrogen and oxygen atoms in total. The van der Waals surface area contributed by atoms with Crippen LogP contribution in [0.4, 0.5) is 0 Å². The third-order valence-electron chi connectivity index (χ3n) is 2.99. The molecule has 0 radical (unpaired) electrons. The molecular weight excluding hydrogens is 244 g/mol. The van der Waals surface area contributed by atoms with Gasteiger partial charge in [0.1, 0.15) is 17.1 Å². The number of hydrogen-bond acceptors (Lipinski definition) is 4. The number of amides is 1. The molecule has 0 aliphatic carbocycles. The van der Waals surface area contributed by atoms with Crippen molar-refractivity contribution >= 4 is 5.91 Å². The molecule has 19 heavy (non-hydrogen) atoms. The van der Waals surface area contributed by atoms with E-state index in [-0.39, 0.29) is 0 Å². The Bertz CT molecular complexity index is 573. The second-order valence-corrected chi connectivity index (χ2v) is 4.27. The van der Waals surface area contributed by atoms with Crippen molar-refractivity contribution in [2.75, 3.05) is 7.11 Å². The summed E-state index contributed by atoms with van der Waals surface area (Å²) in [5.74, 6) is 0.791. The molecule has 1 aromatic carbocycles. The van der Waals surface area contributed by atoms with Gasteiger partial charge >= 0.3 is 0 Å². The average molecular weight is 260 g/mol. The van der Waals surface area contributed by atoms with Gasteiger partial charge in [0.15, 0.2) is 0 Å². The molecule has 0 aliphatic rings. The lowest BCUT2D eigenvalue weighted by molar-refractivity contribution is 0.0998. The van der Waals surface area contributed by atoms with Crippen LogP contribution in [-0.2, 0) is 12.8 Å². The minimum atomic E-state index is -0.497. The zero-order valence-electron chi connectivity index (χ0n) is 11.0. The van der Waals surface area contributed by atoms with Crippen LogP contribution in [0.15, 0.2) is 28.8 Å². The summed E-state index contributed by atoms with van der Waals surface area (Å²) < 4.78 is 10.1. The molecular formula is C14H16N2O3. The van der Waals surface area contributed by atoms with E-state index in [1.807, 2.05) is 24.3 Å². The second kappa shape index (κ2) is 5.56. The van der Waals surface area contributed by atoms with Crippen LogP contribution in [0.3, 0.4) is 0 Å². The minimum Gasteiger partial charge on any atom is -0.497 e. The van der Waals surface area contributed by atoms with Gasteiger partial charge in [-0.05, 0) is 37.5 Å². The lowest BCUT2D eigenvalue weighted by Gasteiger charge is -2.03. The van der Waals surface area contributed by atoms with Crippen molar-refractivity contribution in [3.05, 3.63) is 46.8 Å². The number of carbonyl (C=O) groups is 1. The summed E-state index contributed by atoms with van der Waals surface area (Å²) in [5, 5.41) is 3.89. The third kappa shape index (κ3) is 2.93. The van der Waals surface area contributed by atoms with E-state index in [1.165, 1.54) is 0 Å². The lowest BCUT2D eigenvalue weighted by Crippen LogP contribution is -2.14. The summed E-state index contributed by atoms with van der Waals surface area (Å²) in [6, 6.07) is 7.77. The lowest BCUT2D eigenvalue weighted by atomic mass is 10.0. The Kier molecular flexibility index (Phi) is 3.85. The first-order valence-corrected chi connectivity index (χ1v) is 5.99. The minimum absolute atomic E-state index is 0.397. The van der Waals surface area contributed by atoms with Crippen LogP contribution in [0.2, 0.25) is 0 Å². The predicted octanol–water partition coefficient (Wildman–Crippen LogP) is 1.88. The fourth-order valence-corrected chi connectivity index (χ4v) is 1.96. The number of methoxy groups -OCH3 is 1. The van der Waals surface area contributed by atoms with Gasteiger partial charge in [0.25, 0.3) is 5.91 Å². The monoisotopic (exact) mass is 260 g/mol. The number of rotatable bonds is 5. The molecule has 2 N–H and O–H groups in total. The van der Waals surface area contributed by atoms with Gasteiger partial charge in [0.2, 0.25) is 0 Å². The first-order valence-electron chi connectivity index (χ1n) is 5.99. The number of nitrogens with two attached hydrogens (primary N) is 1. The molecule has 0 unspecified atom stereocenters. The molecule has 5 heteroatoms. The van der Waals surface area contributed by atoms with E-state index in [1.54, 1.807) is 14.0 Å². The van der Waals surface area contributed by atoms with E-state index in [9.17, 15) is 4.79 Å². The Morgan fingerprint density at radius 1 is 1.32 bits per heavy atom. The highest BCUT2D eigenvalue weighted by Gasteiger charge is 2.17. The quantitative estimate of drug-likeness (QED) is 0.890. The van der Waals surface area contributed by atoms with Crippen LogP contribution in [-0.4, -0.2) is 18.2 Å². The van der Waals surface area contributed by atoms with Crippen LogP contribution in [0.5, 0.6) is 5.75 Å². The van der Waals surface area contributed by atoms with E-state index in [2.05, 4.69) is 5.16 Å². The first-order chi connectivity index (χ1) is 9.11. The van der Waals surface area contributed by atoms with Gasteiger partial charge < -0.3 is 15.0 Å². The Balaban J connectivity index is 2.08. The van der Waals surface area contributed by atoms with Gasteiger partial charge in [-0.3, -0.25) is 4.79 Å². The molecule has 2 aromatic rings. The molecule has 0 bridgehead atoms. The molecule has 0 saturated heterocycles. The van der Waals surface area contributed by atoms with Crippen molar-refractivity contribution in [1.29, 1.82) is 0 Å².